The third kappa shape index (κ3) is 5.30. The largest absolute Gasteiger partial charge is 0.444 e. The van der Waals surface area contributed by atoms with E-state index in [1.165, 1.54) is 0 Å². The number of nitrogens with two attached hydrogens (primary N) is 1. The summed E-state index contributed by atoms with van der Waals surface area (Å²) in [5.74, 6) is 0. The number of alkyl carbamates (subject to hydrolysis) is 1. The third-order valence-corrected chi connectivity index (χ3v) is 2.54. The van der Waals surface area contributed by atoms with Crippen LogP contribution in [0.1, 0.15) is 46.2 Å². The number of amides is 1. The Labute approximate surface area is 115 Å². The summed E-state index contributed by atoms with van der Waals surface area (Å²) in [6, 6.07) is 9.35. The van der Waals surface area contributed by atoms with E-state index in [4.69, 9.17) is 10.5 Å². The second kappa shape index (κ2) is 5.61. The number of ether oxygens (including phenoxy) is 1. The highest BCUT2D eigenvalue weighted by Crippen LogP contribution is 2.23. The third-order valence-electron chi connectivity index (χ3n) is 2.54. The summed E-state index contributed by atoms with van der Waals surface area (Å²) in [7, 11) is 0. The van der Waals surface area contributed by atoms with Crippen molar-refractivity contribution in [1.29, 1.82) is 0 Å². The Morgan fingerprint density at radius 1 is 1.16 bits per heavy atom. The quantitative estimate of drug-likeness (QED) is 0.882. The van der Waals surface area contributed by atoms with Gasteiger partial charge < -0.3 is 15.8 Å². The van der Waals surface area contributed by atoms with Gasteiger partial charge in [-0.25, -0.2) is 4.79 Å². The molecule has 106 valence electrons. The molecule has 0 bridgehead atoms. The summed E-state index contributed by atoms with van der Waals surface area (Å²) in [6.45, 7) is 9.25. The molecule has 4 heteroatoms. The Hall–Kier alpha value is -1.55. The van der Waals surface area contributed by atoms with Crippen molar-refractivity contribution in [3.63, 3.8) is 0 Å². The van der Waals surface area contributed by atoms with Crippen molar-refractivity contribution < 1.29 is 9.53 Å². The van der Waals surface area contributed by atoms with Crippen molar-refractivity contribution in [3.8, 4) is 0 Å². The Balaban J connectivity index is 2.87. The molecule has 0 spiro atoms. The van der Waals surface area contributed by atoms with E-state index in [2.05, 4.69) is 5.32 Å². The zero-order valence-corrected chi connectivity index (χ0v) is 12.4. The first kappa shape index (κ1) is 15.5. The van der Waals surface area contributed by atoms with Gasteiger partial charge in [-0.15, -0.1) is 0 Å². The first-order valence-corrected chi connectivity index (χ1v) is 6.43. The number of carbonyl (C=O) groups is 1. The molecule has 0 radical (unpaired) electrons. The number of hydrogen-bond donors (Lipinski definition) is 2. The SMILES string of the molecule is CC(C)(C)OC(=O)NC(c1ccccc1)C(C)(C)N. The topological polar surface area (TPSA) is 64.3 Å². The molecule has 0 heterocycles. The van der Waals surface area contributed by atoms with Gasteiger partial charge in [-0.05, 0) is 40.2 Å². The van der Waals surface area contributed by atoms with Crippen LogP contribution in [0.3, 0.4) is 0 Å². The summed E-state index contributed by atoms with van der Waals surface area (Å²) in [5.41, 5.74) is 6.00. The first-order chi connectivity index (χ1) is 8.59. The van der Waals surface area contributed by atoms with Crippen LogP contribution in [0.15, 0.2) is 30.3 Å². The minimum Gasteiger partial charge on any atom is -0.444 e. The molecule has 0 aromatic heterocycles. The predicted octanol–water partition coefficient (Wildman–Crippen LogP) is 2.99. The summed E-state index contributed by atoms with van der Waals surface area (Å²) < 4.78 is 5.28. The van der Waals surface area contributed by atoms with Crippen LogP contribution in [0.25, 0.3) is 0 Å². The van der Waals surface area contributed by atoms with E-state index in [0.29, 0.717) is 0 Å². The maximum Gasteiger partial charge on any atom is 0.408 e. The van der Waals surface area contributed by atoms with Crippen molar-refractivity contribution >= 4 is 6.09 Å². The van der Waals surface area contributed by atoms with Crippen molar-refractivity contribution in [2.75, 3.05) is 0 Å². The van der Waals surface area contributed by atoms with Crippen LogP contribution in [0.5, 0.6) is 0 Å². The minimum atomic E-state index is -0.585. The van der Waals surface area contributed by atoms with Gasteiger partial charge in [0.05, 0.1) is 6.04 Å². The van der Waals surface area contributed by atoms with E-state index in [1.807, 2.05) is 65.0 Å². The zero-order valence-electron chi connectivity index (χ0n) is 12.4. The van der Waals surface area contributed by atoms with Crippen LogP contribution in [0.2, 0.25) is 0 Å². The highest BCUT2D eigenvalue weighted by atomic mass is 16.6. The Kier molecular flexibility index (Phi) is 4.58. The second-order valence-electron chi connectivity index (χ2n) is 6.31. The van der Waals surface area contributed by atoms with Crippen LogP contribution in [-0.4, -0.2) is 17.2 Å². The molecule has 1 aromatic rings. The molecule has 3 N–H and O–H groups in total. The monoisotopic (exact) mass is 264 g/mol. The molecule has 1 atom stereocenters. The second-order valence-corrected chi connectivity index (χ2v) is 6.31. The lowest BCUT2D eigenvalue weighted by atomic mass is 9.90. The average molecular weight is 264 g/mol. The lowest BCUT2D eigenvalue weighted by Gasteiger charge is -2.32. The molecule has 0 aliphatic rings. The van der Waals surface area contributed by atoms with Crippen molar-refractivity contribution in [2.45, 2.75) is 51.8 Å². The van der Waals surface area contributed by atoms with Crippen LogP contribution >= 0.6 is 0 Å². The predicted molar refractivity (Wildman–Crippen MR) is 76.8 cm³/mol. The van der Waals surface area contributed by atoms with Crippen molar-refractivity contribution in [2.24, 2.45) is 5.73 Å². The van der Waals surface area contributed by atoms with Gasteiger partial charge in [-0.3, -0.25) is 0 Å². The molecule has 19 heavy (non-hydrogen) atoms. The molecule has 0 saturated heterocycles. The van der Waals surface area contributed by atoms with Gasteiger partial charge in [0, 0.05) is 5.54 Å². The number of hydrogen-bond acceptors (Lipinski definition) is 3. The van der Waals surface area contributed by atoms with E-state index in [1.54, 1.807) is 0 Å². The maximum absolute atomic E-state index is 11.9. The van der Waals surface area contributed by atoms with E-state index >= 15 is 0 Å². The van der Waals surface area contributed by atoms with Gasteiger partial charge in [-0.2, -0.15) is 0 Å². The molecule has 0 aliphatic carbocycles. The normalized spacial score (nSPS) is 13.8. The standard InChI is InChI=1S/C15H24N2O2/c1-14(2,3)19-13(18)17-12(15(4,5)16)11-9-7-6-8-10-11/h6-10,12H,16H2,1-5H3,(H,17,18). The van der Waals surface area contributed by atoms with Gasteiger partial charge in [-0.1, -0.05) is 30.3 Å². The van der Waals surface area contributed by atoms with Gasteiger partial charge in [0.25, 0.3) is 0 Å². The van der Waals surface area contributed by atoms with Gasteiger partial charge >= 0.3 is 6.09 Å². The van der Waals surface area contributed by atoms with Crippen molar-refractivity contribution in [1.82, 2.24) is 5.32 Å². The maximum atomic E-state index is 11.9. The first-order valence-electron chi connectivity index (χ1n) is 6.43. The number of carbonyl (C=O) groups excluding carboxylic acids is 1. The Morgan fingerprint density at radius 3 is 2.11 bits per heavy atom. The van der Waals surface area contributed by atoms with E-state index in [0.717, 1.165) is 5.56 Å². The van der Waals surface area contributed by atoms with E-state index in [9.17, 15) is 4.79 Å². The highest BCUT2D eigenvalue weighted by Gasteiger charge is 2.30. The molecular weight excluding hydrogens is 240 g/mol. The molecule has 4 nitrogen and oxygen atoms in total. The molecule has 0 saturated carbocycles. The van der Waals surface area contributed by atoms with E-state index in [-0.39, 0.29) is 6.04 Å². The fourth-order valence-electron chi connectivity index (χ4n) is 1.77. The van der Waals surface area contributed by atoms with Gasteiger partial charge in [0.1, 0.15) is 5.60 Å². The van der Waals surface area contributed by atoms with Crippen molar-refractivity contribution in [3.05, 3.63) is 35.9 Å². The average Bonchev–Trinajstić information content (AvgIpc) is 2.23. The fraction of sp³-hybridized carbons (Fsp3) is 0.533. The summed E-state index contributed by atoms with van der Waals surface area (Å²) in [5, 5.41) is 2.84. The van der Waals surface area contributed by atoms with Crippen LogP contribution in [0, 0.1) is 0 Å². The Morgan fingerprint density at radius 2 is 1.68 bits per heavy atom. The van der Waals surface area contributed by atoms with Crippen LogP contribution in [0.4, 0.5) is 4.79 Å². The number of benzene rings is 1. The Bertz CT molecular complexity index is 416. The summed E-state index contributed by atoms with van der Waals surface area (Å²) in [4.78, 5) is 11.9. The molecular formula is C15H24N2O2. The van der Waals surface area contributed by atoms with Gasteiger partial charge in [0.2, 0.25) is 0 Å². The number of nitrogens with one attached hydrogen (secondary N) is 1. The molecule has 0 aliphatic heterocycles. The van der Waals surface area contributed by atoms with Gasteiger partial charge in [0.15, 0.2) is 0 Å². The molecule has 1 rings (SSSR count). The lowest BCUT2D eigenvalue weighted by molar-refractivity contribution is 0.0482. The van der Waals surface area contributed by atoms with Crippen LogP contribution in [-0.2, 0) is 4.74 Å². The molecule has 1 amide bonds. The molecule has 1 unspecified atom stereocenters. The smallest absolute Gasteiger partial charge is 0.408 e. The molecule has 1 aromatic carbocycles. The highest BCUT2D eigenvalue weighted by molar-refractivity contribution is 5.68. The lowest BCUT2D eigenvalue weighted by Crippen LogP contribution is -2.49. The summed E-state index contributed by atoms with van der Waals surface area (Å²) >= 11 is 0. The van der Waals surface area contributed by atoms with E-state index < -0.39 is 17.2 Å². The zero-order chi connectivity index (χ0) is 14.7. The summed E-state index contributed by atoms with van der Waals surface area (Å²) in [6.07, 6.45) is -0.458. The minimum absolute atomic E-state index is 0.302. The fourth-order valence-corrected chi connectivity index (χ4v) is 1.77. The molecule has 0 fully saturated rings. The van der Waals surface area contributed by atoms with Crippen LogP contribution < -0.4 is 11.1 Å². The number of rotatable bonds is 3.